The first-order valence-corrected chi connectivity index (χ1v) is 6.23. The lowest BCUT2D eigenvalue weighted by atomic mass is 9.68. The van der Waals surface area contributed by atoms with E-state index in [1.54, 1.807) is 0 Å². The maximum atomic E-state index is 9.64. The molecule has 2 saturated carbocycles. The number of hydrogen-bond acceptors (Lipinski definition) is 3. The molecule has 3 unspecified atom stereocenters. The van der Waals surface area contributed by atoms with Crippen molar-refractivity contribution in [1.29, 1.82) is 0 Å². The molecular formula is C12H20O3. The zero-order valence-corrected chi connectivity index (χ0v) is 9.15. The Labute approximate surface area is 90.8 Å². The highest BCUT2D eigenvalue weighted by Crippen LogP contribution is 2.47. The molecule has 0 bridgehead atoms. The minimum Gasteiger partial charge on any atom is -0.393 e. The minimum absolute atomic E-state index is 0.0503. The molecule has 0 aromatic heterocycles. The molecule has 3 heteroatoms. The Hall–Kier alpha value is -0.120. The molecule has 1 N–H and O–H groups in total. The van der Waals surface area contributed by atoms with Gasteiger partial charge >= 0.3 is 0 Å². The minimum atomic E-state index is -0.233. The standard InChI is InChI=1S/C12H20O3/c13-11-2-1-10-8-12(14-5-6-15-12)4-3-9(10)7-11/h9-11,13H,1-8H2. The van der Waals surface area contributed by atoms with Crippen LogP contribution in [0, 0.1) is 11.8 Å². The summed E-state index contributed by atoms with van der Waals surface area (Å²) in [6.45, 7) is 1.53. The predicted molar refractivity (Wildman–Crippen MR) is 55.3 cm³/mol. The predicted octanol–water partition coefficient (Wildman–Crippen LogP) is 1.69. The summed E-state index contributed by atoms with van der Waals surface area (Å²) >= 11 is 0. The third kappa shape index (κ3) is 1.81. The van der Waals surface area contributed by atoms with Crippen LogP contribution in [0.15, 0.2) is 0 Å². The Morgan fingerprint density at radius 3 is 2.60 bits per heavy atom. The van der Waals surface area contributed by atoms with Gasteiger partial charge in [-0.25, -0.2) is 0 Å². The zero-order chi connectivity index (χ0) is 10.3. The molecule has 3 nitrogen and oxygen atoms in total. The van der Waals surface area contributed by atoms with Gasteiger partial charge in [-0.3, -0.25) is 0 Å². The summed E-state index contributed by atoms with van der Waals surface area (Å²) in [5.41, 5.74) is 0. The molecule has 0 aromatic rings. The summed E-state index contributed by atoms with van der Waals surface area (Å²) in [4.78, 5) is 0. The van der Waals surface area contributed by atoms with E-state index < -0.39 is 0 Å². The monoisotopic (exact) mass is 212 g/mol. The van der Waals surface area contributed by atoms with Gasteiger partial charge in [-0.05, 0) is 37.5 Å². The van der Waals surface area contributed by atoms with Gasteiger partial charge in [0.05, 0.1) is 19.3 Å². The van der Waals surface area contributed by atoms with Crippen LogP contribution in [0.4, 0.5) is 0 Å². The Balaban J connectivity index is 1.68. The lowest BCUT2D eigenvalue weighted by Crippen LogP contribution is -2.43. The summed E-state index contributed by atoms with van der Waals surface area (Å²) in [7, 11) is 0. The highest BCUT2D eigenvalue weighted by Gasteiger charge is 2.46. The van der Waals surface area contributed by atoms with E-state index in [2.05, 4.69) is 0 Å². The largest absolute Gasteiger partial charge is 0.393 e. The molecule has 3 rings (SSSR count). The number of aliphatic hydroxyl groups excluding tert-OH is 1. The molecule has 2 aliphatic carbocycles. The second-order valence-corrected chi connectivity index (χ2v) is 5.34. The molecule has 3 atom stereocenters. The van der Waals surface area contributed by atoms with Crippen molar-refractivity contribution in [2.24, 2.45) is 11.8 Å². The Kier molecular flexibility index (Phi) is 2.49. The fraction of sp³-hybridized carbons (Fsp3) is 1.00. The first-order chi connectivity index (χ1) is 7.27. The van der Waals surface area contributed by atoms with Gasteiger partial charge in [-0.1, -0.05) is 0 Å². The quantitative estimate of drug-likeness (QED) is 0.664. The van der Waals surface area contributed by atoms with E-state index in [0.717, 1.165) is 51.2 Å². The van der Waals surface area contributed by atoms with Crippen molar-refractivity contribution in [3.8, 4) is 0 Å². The molecule has 0 radical (unpaired) electrons. The van der Waals surface area contributed by atoms with Crippen LogP contribution in [0.3, 0.4) is 0 Å². The average Bonchev–Trinajstić information content (AvgIpc) is 2.67. The van der Waals surface area contributed by atoms with Crippen LogP contribution in [0.5, 0.6) is 0 Å². The first-order valence-electron chi connectivity index (χ1n) is 6.23. The fourth-order valence-corrected chi connectivity index (χ4v) is 3.59. The van der Waals surface area contributed by atoms with E-state index in [0.29, 0.717) is 5.92 Å². The molecule has 86 valence electrons. The number of rotatable bonds is 0. The second kappa shape index (κ2) is 3.72. The average molecular weight is 212 g/mol. The molecule has 3 aliphatic rings. The smallest absolute Gasteiger partial charge is 0.168 e. The summed E-state index contributed by atoms with van der Waals surface area (Å²) < 4.78 is 11.5. The highest BCUT2D eigenvalue weighted by molar-refractivity contribution is 4.91. The van der Waals surface area contributed by atoms with Crippen molar-refractivity contribution in [1.82, 2.24) is 0 Å². The lowest BCUT2D eigenvalue weighted by Gasteiger charge is -2.44. The van der Waals surface area contributed by atoms with Crippen molar-refractivity contribution >= 4 is 0 Å². The number of ether oxygens (including phenoxy) is 2. The van der Waals surface area contributed by atoms with E-state index in [4.69, 9.17) is 9.47 Å². The van der Waals surface area contributed by atoms with Crippen LogP contribution in [-0.4, -0.2) is 30.2 Å². The zero-order valence-electron chi connectivity index (χ0n) is 9.15. The second-order valence-electron chi connectivity index (χ2n) is 5.34. The van der Waals surface area contributed by atoms with Crippen molar-refractivity contribution in [3.63, 3.8) is 0 Å². The molecule has 1 saturated heterocycles. The molecular weight excluding hydrogens is 192 g/mol. The summed E-state index contributed by atoms with van der Waals surface area (Å²) in [6.07, 6.45) is 6.33. The molecule has 0 aromatic carbocycles. The van der Waals surface area contributed by atoms with Crippen molar-refractivity contribution in [2.45, 2.75) is 50.4 Å². The molecule has 1 aliphatic heterocycles. The summed E-state index contributed by atoms with van der Waals surface area (Å²) in [5, 5.41) is 9.64. The van der Waals surface area contributed by atoms with Crippen LogP contribution < -0.4 is 0 Å². The van der Waals surface area contributed by atoms with Gasteiger partial charge in [0.2, 0.25) is 0 Å². The summed E-state index contributed by atoms with van der Waals surface area (Å²) in [5.74, 6) is 1.20. The van der Waals surface area contributed by atoms with E-state index in [9.17, 15) is 5.11 Å². The molecule has 0 amide bonds. The van der Waals surface area contributed by atoms with Gasteiger partial charge in [0.1, 0.15) is 0 Å². The van der Waals surface area contributed by atoms with E-state index >= 15 is 0 Å². The first kappa shape index (κ1) is 10.1. The van der Waals surface area contributed by atoms with E-state index in [1.807, 2.05) is 0 Å². The molecule has 15 heavy (non-hydrogen) atoms. The third-order valence-electron chi connectivity index (χ3n) is 4.39. The van der Waals surface area contributed by atoms with Crippen molar-refractivity contribution < 1.29 is 14.6 Å². The number of fused-ring (bicyclic) bond motifs is 1. The van der Waals surface area contributed by atoms with Gasteiger partial charge in [0, 0.05) is 12.8 Å². The fourth-order valence-electron chi connectivity index (χ4n) is 3.59. The lowest BCUT2D eigenvalue weighted by molar-refractivity contribution is -0.200. The van der Waals surface area contributed by atoms with Crippen molar-refractivity contribution in [2.75, 3.05) is 13.2 Å². The number of hydrogen-bond donors (Lipinski definition) is 1. The van der Waals surface area contributed by atoms with Gasteiger partial charge in [-0.15, -0.1) is 0 Å². The van der Waals surface area contributed by atoms with Gasteiger partial charge in [0.25, 0.3) is 0 Å². The topological polar surface area (TPSA) is 38.7 Å². The maximum absolute atomic E-state index is 9.64. The van der Waals surface area contributed by atoms with Crippen molar-refractivity contribution in [3.05, 3.63) is 0 Å². The maximum Gasteiger partial charge on any atom is 0.168 e. The van der Waals surface area contributed by atoms with Gasteiger partial charge in [0.15, 0.2) is 5.79 Å². The van der Waals surface area contributed by atoms with Crippen LogP contribution in [0.1, 0.15) is 38.5 Å². The SMILES string of the molecule is OC1CCC2CC3(CCC2C1)OCCO3. The summed E-state index contributed by atoms with van der Waals surface area (Å²) in [6, 6.07) is 0. The van der Waals surface area contributed by atoms with Crippen LogP contribution >= 0.6 is 0 Å². The number of aliphatic hydroxyl groups is 1. The van der Waals surface area contributed by atoms with Crippen LogP contribution in [0.25, 0.3) is 0 Å². The highest BCUT2D eigenvalue weighted by atomic mass is 16.7. The van der Waals surface area contributed by atoms with Gasteiger partial charge < -0.3 is 14.6 Å². The Morgan fingerprint density at radius 1 is 1.00 bits per heavy atom. The Morgan fingerprint density at radius 2 is 1.80 bits per heavy atom. The normalized spacial score (nSPS) is 44.2. The van der Waals surface area contributed by atoms with E-state index in [-0.39, 0.29) is 11.9 Å². The third-order valence-corrected chi connectivity index (χ3v) is 4.39. The molecule has 1 spiro atoms. The van der Waals surface area contributed by atoms with E-state index in [1.165, 1.54) is 6.42 Å². The Bertz CT molecular complexity index is 235. The van der Waals surface area contributed by atoms with Gasteiger partial charge in [-0.2, -0.15) is 0 Å². The molecule has 3 fully saturated rings. The molecule has 1 heterocycles. The van der Waals surface area contributed by atoms with Crippen LogP contribution in [-0.2, 0) is 9.47 Å². The van der Waals surface area contributed by atoms with Crippen LogP contribution in [0.2, 0.25) is 0 Å².